The van der Waals surface area contributed by atoms with Crippen LogP contribution in [0.4, 0.5) is 5.13 Å². The zero-order valence-electron chi connectivity index (χ0n) is 12.5. The molecule has 0 unspecified atom stereocenters. The van der Waals surface area contributed by atoms with Crippen LogP contribution in [0.1, 0.15) is 23.4 Å². The van der Waals surface area contributed by atoms with E-state index < -0.39 is 10.0 Å². The van der Waals surface area contributed by atoms with E-state index in [1.165, 1.54) is 27.0 Å². The minimum atomic E-state index is -3.49. The van der Waals surface area contributed by atoms with Gasteiger partial charge in [-0.3, -0.25) is 4.79 Å². The summed E-state index contributed by atoms with van der Waals surface area (Å²) in [6, 6.07) is 3.36. The van der Waals surface area contributed by atoms with Crippen molar-refractivity contribution >= 4 is 59.7 Å². The monoisotopic (exact) mass is 447 g/mol. The van der Waals surface area contributed by atoms with Gasteiger partial charge in [-0.25, -0.2) is 13.4 Å². The Hall–Kier alpha value is -0.810. The maximum absolute atomic E-state index is 12.7. The molecule has 10 heteroatoms. The van der Waals surface area contributed by atoms with Crippen LogP contribution in [0.15, 0.2) is 20.1 Å². The number of anilines is 1. The number of halogens is 1. The Morgan fingerprint density at radius 1 is 1.33 bits per heavy atom. The lowest BCUT2D eigenvalue weighted by Gasteiger charge is -2.24. The third-order valence-corrected chi connectivity index (χ3v) is 8.95. The highest BCUT2D eigenvalue weighted by Gasteiger charge is 2.33. The lowest BCUT2D eigenvalue weighted by atomic mass is 10.2. The van der Waals surface area contributed by atoms with E-state index in [0.29, 0.717) is 28.9 Å². The summed E-state index contributed by atoms with van der Waals surface area (Å²) in [6.45, 7) is 0.717. The first-order chi connectivity index (χ1) is 11.4. The molecule has 1 aliphatic carbocycles. The number of hydrogen-bond donors (Lipinski definition) is 1. The first-order valence-corrected chi connectivity index (χ1v) is 11.3. The summed E-state index contributed by atoms with van der Waals surface area (Å²) < 4.78 is 28.1. The Labute approximate surface area is 156 Å². The first kappa shape index (κ1) is 16.6. The second-order valence-corrected chi connectivity index (χ2v) is 11.5. The standard InChI is InChI=1S/C14H14BrN3O3S3/c15-11-3-4-12(23-11)24(20,21)18-6-5-9-10(7-18)22-14(16-9)17-13(19)8-1-2-8/h3-4,8H,1-2,5-7H2,(H,16,17,19). The number of fused-ring (bicyclic) bond motifs is 1. The molecule has 1 saturated carbocycles. The molecule has 0 atom stereocenters. The predicted octanol–water partition coefficient (Wildman–Crippen LogP) is 3.06. The summed E-state index contributed by atoms with van der Waals surface area (Å²) in [7, 11) is -3.49. The Kier molecular flexibility index (Phi) is 4.28. The van der Waals surface area contributed by atoms with E-state index in [-0.39, 0.29) is 11.8 Å². The molecule has 0 saturated heterocycles. The molecule has 1 N–H and O–H groups in total. The van der Waals surface area contributed by atoms with E-state index in [1.54, 1.807) is 12.1 Å². The summed E-state index contributed by atoms with van der Waals surface area (Å²) in [5.74, 6) is 0.147. The molecule has 0 radical (unpaired) electrons. The molecular formula is C14H14BrN3O3S3. The van der Waals surface area contributed by atoms with Crippen LogP contribution >= 0.6 is 38.6 Å². The molecule has 0 bridgehead atoms. The summed E-state index contributed by atoms with van der Waals surface area (Å²) in [5, 5.41) is 3.42. The largest absolute Gasteiger partial charge is 0.302 e. The topological polar surface area (TPSA) is 79.4 Å². The fraction of sp³-hybridized carbons (Fsp3) is 0.429. The number of carbonyl (C=O) groups is 1. The molecule has 1 amide bonds. The molecule has 3 heterocycles. The van der Waals surface area contributed by atoms with Gasteiger partial charge in [0, 0.05) is 23.8 Å². The van der Waals surface area contributed by atoms with Crippen LogP contribution < -0.4 is 5.32 Å². The van der Waals surface area contributed by atoms with Gasteiger partial charge in [-0.15, -0.1) is 22.7 Å². The molecule has 24 heavy (non-hydrogen) atoms. The first-order valence-electron chi connectivity index (χ1n) is 7.48. The van der Waals surface area contributed by atoms with Crippen LogP contribution in [0.25, 0.3) is 0 Å². The van der Waals surface area contributed by atoms with Crippen LogP contribution in [-0.2, 0) is 27.8 Å². The molecule has 0 aromatic carbocycles. The van der Waals surface area contributed by atoms with Crippen molar-refractivity contribution in [2.24, 2.45) is 5.92 Å². The molecule has 2 aliphatic rings. The van der Waals surface area contributed by atoms with Crippen LogP contribution in [0, 0.1) is 5.92 Å². The van der Waals surface area contributed by atoms with Gasteiger partial charge < -0.3 is 5.32 Å². The average Bonchev–Trinajstić information content (AvgIpc) is 3.18. The highest BCUT2D eigenvalue weighted by atomic mass is 79.9. The van der Waals surface area contributed by atoms with E-state index in [0.717, 1.165) is 27.2 Å². The Morgan fingerprint density at radius 2 is 2.12 bits per heavy atom. The van der Waals surface area contributed by atoms with E-state index in [2.05, 4.69) is 26.2 Å². The number of aromatic nitrogens is 1. The summed E-state index contributed by atoms with van der Waals surface area (Å²) >= 11 is 5.89. The van der Waals surface area contributed by atoms with Gasteiger partial charge >= 0.3 is 0 Å². The van der Waals surface area contributed by atoms with Crippen molar-refractivity contribution < 1.29 is 13.2 Å². The number of nitrogens with one attached hydrogen (secondary N) is 1. The summed E-state index contributed by atoms with van der Waals surface area (Å²) in [5.41, 5.74) is 0.893. The van der Waals surface area contributed by atoms with Crippen LogP contribution in [-0.4, -0.2) is 30.2 Å². The maximum atomic E-state index is 12.7. The third-order valence-electron chi connectivity index (χ3n) is 4.02. The van der Waals surface area contributed by atoms with Crippen LogP contribution in [0.2, 0.25) is 0 Å². The molecule has 2 aromatic heterocycles. The van der Waals surface area contributed by atoms with Crippen molar-refractivity contribution in [1.82, 2.24) is 9.29 Å². The number of rotatable bonds is 4. The molecule has 0 spiro atoms. The molecule has 1 fully saturated rings. The number of sulfonamides is 1. The molecule has 4 rings (SSSR count). The number of carbonyl (C=O) groups excluding carboxylic acids is 1. The van der Waals surface area contributed by atoms with Gasteiger partial charge in [-0.05, 0) is 40.9 Å². The number of nitrogens with zero attached hydrogens (tertiary/aromatic N) is 2. The minimum absolute atomic E-state index is 0.0222. The molecule has 2 aromatic rings. The van der Waals surface area contributed by atoms with Crippen molar-refractivity contribution in [3.63, 3.8) is 0 Å². The van der Waals surface area contributed by atoms with Gasteiger partial charge in [0.25, 0.3) is 10.0 Å². The van der Waals surface area contributed by atoms with Gasteiger partial charge in [-0.2, -0.15) is 4.31 Å². The molecular weight excluding hydrogens is 434 g/mol. The van der Waals surface area contributed by atoms with Crippen molar-refractivity contribution in [2.45, 2.75) is 30.0 Å². The van der Waals surface area contributed by atoms with Crippen molar-refractivity contribution in [3.05, 3.63) is 26.5 Å². The number of thiophene rings is 1. The third kappa shape index (κ3) is 3.17. The summed E-state index contributed by atoms with van der Waals surface area (Å²) in [4.78, 5) is 17.2. The van der Waals surface area contributed by atoms with Crippen LogP contribution in [0.5, 0.6) is 0 Å². The van der Waals surface area contributed by atoms with Gasteiger partial charge in [0.05, 0.1) is 16.0 Å². The van der Waals surface area contributed by atoms with E-state index in [4.69, 9.17) is 0 Å². The lowest BCUT2D eigenvalue weighted by Crippen LogP contribution is -2.35. The number of amides is 1. The summed E-state index contributed by atoms with van der Waals surface area (Å²) in [6.07, 6.45) is 2.45. The zero-order valence-corrected chi connectivity index (χ0v) is 16.5. The second kappa shape index (κ2) is 6.17. The minimum Gasteiger partial charge on any atom is -0.302 e. The van der Waals surface area contributed by atoms with Gasteiger partial charge in [-0.1, -0.05) is 0 Å². The molecule has 6 nitrogen and oxygen atoms in total. The highest BCUT2D eigenvalue weighted by molar-refractivity contribution is 9.11. The fourth-order valence-corrected chi connectivity index (χ4v) is 7.23. The van der Waals surface area contributed by atoms with Crippen molar-refractivity contribution in [2.75, 3.05) is 11.9 Å². The maximum Gasteiger partial charge on any atom is 0.252 e. The van der Waals surface area contributed by atoms with E-state index >= 15 is 0 Å². The fourth-order valence-electron chi connectivity index (χ4n) is 2.55. The Bertz CT molecular complexity index is 902. The molecule has 128 valence electrons. The number of hydrogen-bond acceptors (Lipinski definition) is 6. The second-order valence-electron chi connectivity index (χ2n) is 5.80. The van der Waals surface area contributed by atoms with E-state index in [9.17, 15) is 13.2 Å². The molecule has 1 aliphatic heterocycles. The predicted molar refractivity (Wildman–Crippen MR) is 96.8 cm³/mol. The van der Waals surface area contributed by atoms with E-state index in [1.807, 2.05) is 0 Å². The normalized spacial score (nSPS) is 18.4. The smallest absolute Gasteiger partial charge is 0.252 e. The Morgan fingerprint density at radius 3 is 2.79 bits per heavy atom. The van der Waals surface area contributed by atoms with Gasteiger partial charge in [0.2, 0.25) is 5.91 Å². The number of thiazole rings is 1. The Balaban J connectivity index is 1.53. The lowest BCUT2D eigenvalue weighted by molar-refractivity contribution is -0.117. The SMILES string of the molecule is O=C(Nc1nc2c(s1)CN(S(=O)(=O)c1ccc(Br)s1)CC2)C1CC1. The highest BCUT2D eigenvalue weighted by Crippen LogP contribution is 2.35. The van der Waals surface area contributed by atoms with Crippen LogP contribution in [0.3, 0.4) is 0 Å². The van der Waals surface area contributed by atoms with Gasteiger partial charge in [0.1, 0.15) is 4.21 Å². The zero-order chi connectivity index (χ0) is 16.9. The quantitative estimate of drug-likeness (QED) is 0.780. The van der Waals surface area contributed by atoms with Gasteiger partial charge in [0.15, 0.2) is 5.13 Å². The van der Waals surface area contributed by atoms with Crippen molar-refractivity contribution in [3.8, 4) is 0 Å². The van der Waals surface area contributed by atoms with Crippen molar-refractivity contribution in [1.29, 1.82) is 0 Å². The average molecular weight is 448 g/mol.